The second-order valence-corrected chi connectivity index (χ2v) is 34.2. The molecule has 7 rings (SSSR count). The molecule has 103 heavy (non-hydrogen) atoms. The van der Waals surface area contributed by atoms with Crippen LogP contribution in [-0.4, -0.2) is 160 Å². The predicted octanol–water partition coefficient (Wildman–Crippen LogP) is 7.49. The molecule has 22 nitrogen and oxygen atoms in total. The summed E-state index contributed by atoms with van der Waals surface area (Å²) < 4.78 is 85.8. The van der Waals surface area contributed by atoms with Crippen molar-refractivity contribution in [2.24, 2.45) is 17.6 Å². The van der Waals surface area contributed by atoms with Gasteiger partial charge in [0.1, 0.15) is 42.6 Å². The number of ether oxygens (including phenoxy) is 3. The van der Waals surface area contributed by atoms with Crippen LogP contribution in [0, 0.1) is 11.8 Å². The summed E-state index contributed by atoms with van der Waals surface area (Å²) in [5, 5.41) is 25.9. The second kappa shape index (κ2) is 37.7. The first-order chi connectivity index (χ1) is 48.5. The summed E-state index contributed by atoms with van der Waals surface area (Å²) >= 11 is 1.45. The summed E-state index contributed by atoms with van der Waals surface area (Å²) in [4.78, 5) is 110. The maximum absolute atomic E-state index is 14.8. The molecule has 0 bridgehead atoms. The number of methoxy groups -OCH3 is 1. The molecule has 2 aliphatic rings. The van der Waals surface area contributed by atoms with Crippen LogP contribution in [0.2, 0.25) is 5.04 Å². The predicted molar refractivity (Wildman–Crippen MR) is 387 cm³/mol. The molecule has 0 saturated carbocycles. The van der Waals surface area contributed by atoms with Gasteiger partial charge in [-0.3, -0.25) is 48.8 Å². The normalized spacial score (nSPS) is 16.9. The summed E-state index contributed by atoms with van der Waals surface area (Å²) in [6.07, 6.45) is 1.57. The van der Waals surface area contributed by atoms with E-state index in [9.17, 15) is 63.5 Å². The van der Waals surface area contributed by atoms with Gasteiger partial charge in [-0.25, -0.2) is 4.79 Å². The number of rotatable bonds is 36. The summed E-state index contributed by atoms with van der Waals surface area (Å²) in [7, 11) is -12.2. The number of nitrogens with zero attached hydrogens (tertiary/aromatic N) is 1. The van der Waals surface area contributed by atoms with Crippen LogP contribution in [-0.2, 0) is 71.9 Å². The Morgan fingerprint density at radius 3 is 1.66 bits per heavy atom. The van der Waals surface area contributed by atoms with Crippen molar-refractivity contribution < 1.29 is 86.7 Å². The van der Waals surface area contributed by atoms with E-state index >= 15 is 0 Å². The van der Waals surface area contributed by atoms with Crippen LogP contribution in [0.1, 0.15) is 97.3 Å². The molecule has 564 valence electrons. The zero-order valence-corrected chi connectivity index (χ0v) is 61.9. The molecule has 0 aromatic heterocycles. The Morgan fingerprint density at radius 1 is 0.631 bits per heavy atom. The number of carbonyl (C=O) groups is 8. The van der Waals surface area contributed by atoms with Crippen molar-refractivity contribution in [2.75, 3.05) is 51.5 Å². The third kappa shape index (κ3) is 28.9. The number of thioether (sulfide) groups is 1. The van der Waals surface area contributed by atoms with Crippen LogP contribution in [0.25, 0.3) is 0 Å². The van der Waals surface area contributed by atoms with Crippen molar-refractivity contribution in [1.82, 2.24) is 42.5 Å². The molecule has 31 heteroatoms. The second-order valence-electron chi connectivity index (χ2n) is 26.9. The average molecular weight is 1500 g/mol. The van der Waals surface area contributed by atoms with E-state index < -0.39 is 113 Å². The molecule has 2 aliphatic heterocycles. The van der Waals surface area contributed by atoms with Crippen LogP contribution in [0.3, 0.4) is 0 Å². The Morgan fingerprint density at radius 2 is 1.13 bits per heavy atom. The van der Waals surface area contributed by atoms with Crippen LogP contribution in [0.15, 0.2) is 146 Å². The third-order valence-corrected chi connectivity index (χ3v) is 23.2. The zero-order valence-electron chi connectivity index (χ0n) is 59.2. The Balaban J connectivity index is 0.00000226. The Labute approximate surface area is 602 Å². The molecular formula is C72H97F6N10O12PSSi. The molecule has 0 fully saturated rings. The number of amides is 7. The first kappa shape index (κ1) is 83.4. The number of primary amides is 1. The number of guanidine groups is 1. The van der Waals surface area contributed by atoms with Crippen molar-refractivity contribution in [3.63, 3.8) is 0 Å². The van der Waals surface area contributed by atoms with Gasteiger partial charge in [-0.05, 0) is 62.5 Å². The van der Waals surface area contributed by atoms with Crippen LogP contribution in [0.5, 0.6) is 5.75 Å². The molecule has 8 atom stereocenters. The van der Waals surface area contributed by atoms with Crippen molar-refractivity contribution in [3.8, 4) is 5.75 Å². The van der Waals surface area contributed by atoms with Gasteiger partial charge in [0.15, 0.2) is 0 Å². The standard InChI is InChI=1S/C72H96N10O12SSi.F6P/c1-9-49(4)65(81-63(84)41-74-64(85)47-95-46-54-35-37-82-36-34-53(75-71(82)76-54)44-94-96(72(5,6)7,56-26-18-12-19-27-56)57-28-20-13-21-29-57)69(89)80-61(45-92-42-51-22-14-10-15-23-51)68(88)77-58(39-50-30-32-55(33-31-50)93-43-52-24-16-11-17-25-52)66(86)78-59(40-62(73)83)67(87)79-60(38-48(2)3)70(90)91-8;1-7(2,3,4,5)6/h10-33,48-49,53-54,58-61,65H,9,34-47H2,1-8H3,(H9,73,74,75,76,77,78,79,80,81,83,84,85,86,87,88,89);/q;-1/p+1/t49-,53-,54-,58-,59-,60-,61-,65-;/m0./s1. The molecule has 0 unspecified atom stereocenters. The Hall–Kier alpha value is -8.57. The first-order valence-corrected chi connectivity index (χ1v) is 39.1. The van der Waals surface area contributed by atoms with Crippen molar-refractivity contribution in [2.45, 2.75) is 148 Å². The quantitative estimate of drug-likeness (QED) is 0.00617. The fourth-order valence-electron chi connectivity index (χ4n) is 11.7. The summed E-state index contributed by atoms with van der Waals surface area (Å²) in [5.41, 5.74) is 7.86. The van der Waals surface area contributed by atoms with Gasteiger partial charge in [0, 0.05) is 25.0 Å². The van der Waals surface area contributed by atoms with Crippen molar-refractivity contribution in [3.05, 3.63) is 162 Å². The fourth-order valence-corrected chi connectivity index (χ4v) is 17.2. The van der Waals surface area contributed by atoms with Gasteiger partial charge in [0.25, 0.3) is 8.32 Å². The van der Waals surface area contributed by atoms with E-state index in [4.69, 9.17) is 24.4 Å². The van der Waals surface area contributed by atoms with Gasteiger partial charge < -0.3 is 56.3 Å². The number of carbonyl (C=O) groups excluding carboxylic acids is 8. The topological polar surface area (TPSA) is 299 Å². The van der Waals surface area contributed by atoms with E-state index in [1.165, 1.54) is 29.2 Å². The molecule has 0 spiro atoms. The van der Waals surface area contributed by atoms with E-state index in [1.807, 2.05) is 93.6 Å². The van der Waals surface area contributed by atoms with Gasteiger partial charge >= 0.3 is 44.9 Å². The average Bonchev–Trinajstić information content (AvgIpc) is 0.746. The van der Waals surface area contributed by atoms with E-state index in [2.05, 4.69) is 116 Å². The maximum atomic E-state index is 14.8. The molecule has 10 N–H and O–H groups in total. The van der Waals surface area contributed by atoms with Gasteiger partial charge in [-0.15, -0.1) is 11.8 Å². The molecular weight excluding hydrogens is 1400 g/mol. The van der Waals surface area contributed by atoms with E-state index in [0.717, 1.165) is 43.0 Å². The molecule has 5 aromatic carbocycles. The van der Waals surface area contributed by atoms with E-state index in [1.54, 1.807) is 31.2 Å². The summed E-state index contributed by atoms with van der Waals surface area (Å²) in [5.74, 6) is -4.43. The number of esters is 1. The number of benzene rings is 5. The number of nitrogens with one attached hydrogen (secondary N) is 8. The van der Waals surface area contributed by atoms with Gasteiger partial charge in [-0.1, -0.05) is 188 Å². The minimum absolute atomic E-state index is 0.0357. The molecule has 5 aromatic rings. The number of hydrogen-bond donors (Lipinski definition) is 9. The van der Waals surface area contributed by atoms with Gasteiger partial charge in [-0.2, -0.15) is 0 Å². The summed E-state index contributed by atoms with van der Waals surface area (Å²) in [6, 6.07) is 40.0. The zero-order chi connectivity index (χ0) is 75.6. The fraction of sp³-hybridized carbons (Fsp3) is 0.458. The molecule has 0 saturated heterocycles. The van der Waals surface area contributed by atoms with Crippen molar-refractivity contribution >= 4 is 91.5 Å². The molecule has 0 radical (unpaired) electrons. The Kier molecular flexibility index (Phi) is 30.5. The first-order valence-electron chi connectivity index (χ1n) is 34.1. The van der Waals surface area contributed by atoms with Crippen LogP contribution >= 0.6 is 19.6 Å². The Bertz CT molecular complexity index is 3610. The van der Waals surface area contributed by atoms with E-state index in [-0.39, 0.29) is 60.8 Å². The number of halogens is 6. The van der Waals surface area contributed by atoms with Crippen LogP contribution in [0.4, 0.5) is 25.2 Å². The number of hydrogen-bond acceptors (Lipinski definition) is 15. The minimum atomic E-state index is -10.7. The van der Waals surface area contributed by atoms with Gasteiger partial charge in [0.2, 0.25) is 41.4 Å². The van der Waals surface area contributed by atoms with Crippen molar-refractivity contribution in [1.29, 1.82) is 0 Å². The third-order valence-electron chi connectivity index (χ3n) is 17.0. The summed E-state index contributed by atoms with van der Waals surface area (Å²) in [6.45, 7) is 15.9. The van der Waals surface area contributed by atoms with Gasteiger partial charge in [0.05, 0.1) is 70.8 Å². The molecule has 0 aliphatic carbocycles. The van der Waals surface area contributed by atoms with Crippen LogP contribution < -0.4 is 63.4 Å². The SMILES string of the molecule is CC[C@H](C)[C@H](NC(=O)CNC(=O)CSC[C@@H]1CC[N+]2=C(N[C@H](CO[Si](c3ccccc3)(c3ccccc3)C(C)(C)C)CC2)N1)C(=O)N[C@@H](COCc1ccccc1)C(=O)N[C@@H](Cc1ccc(OCc2ccccc2)cc1)C(=O)N[C@@H](CC(N)=O)C(=O)N[C@@H](CC(C)C)C(=O)OC.F[P-](F)(F)(F)(F)F. The molecule has 7 amide bonds. The molecule has 2 heterocycles. The number of nitrogens with two attached hydrogens (primary N) is 1. The van der Waals surface area contributed by atoms with E-state index in [0.29, 0.717) is 30.1 Å². The monoisotopic (exact) mass is 1500 g/mol.